The van der Waals surface area contributed by atoms with Gasteiger partial charge < -0.3 is 10.0 Å². The Morgan fingerprint density at radius 1 is 1.08 bits per heavy atom. The van der Waals surface area contributed by atoms with Crippen molar-refractivity contribution in [3.05, 3.63) is 35.9 Å². The molecule has 0 unspecified atom stereocenters. The van der Waals surface area contributed by atoms with E-state index in [0.29, 0.717) is 6.61 Å². The number of aliphatic hydroxyl groups excluding tert-OH is 1. The summed E-state index contributed by atoms with van der Waals surface area (Å²) < 4.78 is 0. The first-order valence-electron chi connectivity index (χ1n) is 10.1. The van der Waals surface area contributed by atoms with Crippen LogP contribution in [0.25, 0.3) is 5.57 Å². The molecule has 3 heteroatoms. The van der Waals surface area contributed by atoms with Gasteiger partial charge in [0, 0.05) is 30.9 Å². The molecule has 1 heterocycles. The van der Waals surface area contributed by atoms with Gasteiger partial charge in [0.2, 0.25) is 0 Å². The molecule has 1 aliphatic carbocycles. The standard InChI is InChI=1S/C23H33NO2/c1-16(2)23-13-21(7-8-22(23)17(3)26)24-14-20(15-24)6-4-5-18-11-19(12-18)9-10-25/h7-8,13,18-20,25H,1,4-6,9-12,14-15H2,2-3H3. The maximum Gasteiger partial charge on any atom is 0.160 e. The normalized spacial score (nSPS) is 22.7. The third-order valence-electron chi connectivity index (χ3n) is 6.26. The molecule has 2 aliphatic rings. The summed E-state index contributed by atoms with van der Waals surface area (Å²) in [5.41, 5.74) is 3.93. The van der Waals surface area contributed by atoms with E-state index in [2.05, 4.69) is 23.6 Å². The molecule has 0 bridgehead atoms. The lowest BCUT2D eigenvalue weighted by Gasteiger charge is -2.42. The Morgan fingerprint density at radius 3 is 2.35 bits per heavy atom. The number of anilines is 1. The molecule has 0 amide bonds. The number of rotatable bonds is 9. The fourth-order valence-corrected chi connectivity index (χ4v) is 4.58. The summed E-state index contributed by atoms with van der Waals surface area (Å²) in [6.45, 7) is 10.2. The van der Waals surface area contributed by atoms with Crippen LogP contribution in [0.1, 0.15) is 68.3 Å². The predicted molar refractivity (Wildman–Crippen MR) is 109 cm³/mol. The largest absolute Gasteiger partial charge is 0.396 e. The maximum atomic E-state index is 11.8. The van der Waals surface area contributed by atoms with E-state index in [1.807, 2.05) is 13.0 Å². The highest BCUT2D eigenvalue weighted by atomic mass is 16.3. The fourth-order valence-electron chi connectivity index (χ4n) is 4.58. The van der Waals surface area contributed by atoms with Crippen LogP contribution in [-0.2, 0) is 0 Å². The summed E-state index contributed by atoms with van der Waals surface area (Å²) in [6, 6.07) is 6.16. The van der Waals surface area contributed by atoms with Crippen molar-refractivity contribution >= 4 is 17.0 Å². The second-order valence-electron chi connectivity index (χ2n) is 8.48. The van der Waals surface area contributed by atoms with E-state index in [1.165, 1.54) is 37.8 Å². The Labute approximate surface area is 158 Å². The number of hydrogen-bond acceptors (Lipinski definition) is 3. The van der Waals surface area contributed by atoms with Gasteiger partial charge in [0.15, 0.2) is 5.78 Å². The number of nitrogens with zero attached hydrogens (tertiary/aromatic N) is 1. The van der Waals surface area contributed by atoms with Crippen LogP contribution in [0.15, 0.2) is 24.8 Å². The van der Waals surface area contributed by atoms with Crippen LogP contribution in [0.4, 0.5) is 5.69 Å². The molecule has 0 spiro atoms. The van der Waals surface area contributed by atoms with E-state index in [-0.39, 0.29) is 5.78 Å². The Bertz CT molecular complexity index is 654. The highest BCUT2D eigenvalue weighted by Crippen LogP contribution is 2.39. The predicted octanol–water partition coefficient (Wildman–Crippen LogP) is 4.94. The number of Topliss-reactive ketones (excluding diaryl/α,β-unsaturated/α-hetero) is 1. The topological polar surface area (TPSA) is 40.5 Å². The minimum atomic E-state index is 0.105. The SMILES string of the molecule is C=C(C)c1cc(N2CC(CCCC3CC(CCO)C3)C2)ccc1C(C)=O. The summed E-state index contributed by atoms with van der Waals surface area (Å²) in [5, 5.41) is 8.96. The molecule has 0 radical (unpaired) electrons. The molecule has 1 saturated carbocycles. The van der Waals surface area contributed by atoms with E-state index in [1.54, 1.807) is 6.92 Å². The maximum absolute atomic E-state index is 11.8. The second kappa shape index (κ2) is 8.39. The number of carbonyl (C=O) groups is 1. The molecule has 1 N–H and O–H groups in total. The number of hydrogen-bond donors (Lipinski definition) is 1. The lowest BCUT2D eigenvalue weighted by molar-refractivity contribution is 0.101. The van der Waals surface area contributed by atoms with Crippen LogP contribution in [0.3, 0.4) is 0 Å². The first kappa shape index (κ1) is 19.2. The first-order chi connectivity index (χ1) is 12.5. The quantitative estimate of drug-likeness (QED) is 0.638. The Balaban J connectivity index is 1.42. The average molecular weight is 356 g/mol. The van der Waals surface area contributed by atoms with Gasteiger partial charge in [0.05, 0.1) is 0 Å². The number of carbonyl (C=O) groups excluding carboxylic acids is 1. The number of benzene rings is 1. The molecule has 1 aliphatic heterocycles. The fraction of sp³-hybridized carbons (Fsp3) is 0.609. The number of allylic oxidation sites excluding steroid dienone is 1. The molecule has 2 fully saturated rings. The summed E-state index contributed by atoms with van der Waals surface area (Å²) >= 11 is 0. The smallest absolute Gasteiger partial charge is 0.160 e. The van der Waals surface area contributed by atoms with Gasteiger partial charge in [-0.25, -0.2) is 0 Å². The van der Waals surface area contributed by atoms with Crippen LogP contribution in [0.2, 0.25) is 0 Å². The van der Waals surface area contributed by atoms with Crippen molar-refractivity contribution in [3.63, 3.8) is 0 Å². The first-order valence-corrected chi connectivity index (χ1v) is 10.1. The third kappa shape index (κ3) is 4.37. The van der Waals surface area contributed by atoms with Crippen molar-refractivity contribution in [2.24, 2.45) is 17.8 Å². The zero-order chi connectivity index (χ0) is 18.7. The van der Waals surface area contributed by atoms with E-state index in [0.717, 1.165) is 54.0 Å². The van der Waals surface area contributed by atoms with Crippen LogP contribution in [0, 0.1) is 17.8 Å². The monoisotopic (exact) mass is 355 g/mol. The molecule has 3 rings (SSSR count). The van der Waals surface area contributed by atoms with Crippen molar-refractivity contribution in [3.8, 4) is 0 Å². The van der Waals surface area contributed by atoms with Gasteiger partial charge in [0.1, 0.15) is 0 Å². The van der Waals surface area contributed by atoms with E-state index in [4.69, 9.17) is 5.11 Å². The zero-order valence-corrected chi connectivity index (χ0v) is 16.3. The summed E-state index contributed by atoms with van der Waals surface area (Å²) in [7, 11) is 0. The van der Waals surface area contributed by atoms with Crippen LogP contribution in [0.5, 0.6) is 0 Å². The second-order valence-corrected chi connectivity index (χ2v) is 8.48. The molecule has 0 aromatic heterocycles. The molecule has 0 atom stereocenters. The van der Waals surface area contributed by atoms with Crippen molar-refractivity contribution in [2.45, 2.75) is 52.4 Å². The molecule has 1 aromatic rings. The van der Waals surface area contributed by atoms with Crippen molar-refractivity contribution in [2.75, 3.05) is 24.6 Å². The van der Waals surface area contributed by atoms with Crippen molar-refractivity contribution in [1.82, 2.24) is 0 Å². The lowest BCUT2D eigenvalue weighted by Crippen LogP contribution is -2.46. The Hall–Kier alpha value is -1.61. The molecular formula is C23H33NO2. The van der Waals surface area contributed by atoms with Crippen LogP contribution < -0.4 is 4.90 Å². The highest BCUT2D eigenvalue weighted by Gasteiger charge is 2.30. The van der Waals surface area contributed by atoms with E-state index in [9.17, 15) is 4.79 Å². The molecule has 3 nitrogen and oxygen atoms in total. The average Bonchev–Trinajstić information content (AvgIpc) is 2.53. The minimum absolute atomic E-state index is 0.105. The summed E-state index contributed by atoms with van der Waals surface area (Å²) in [5.74, 6) is 2.63. The molecule has 26 heavy (non-hydrogen) atoms. The van der Waals surface area contributed by atoms with Crippen molar-refractivity contribution < 1.29 is 9.90 Å². The molecule has 142 valence electrons. The molecule has 1 aromatic carbocycles. The zero-order valence-electron chi connectivity index (χ0n) is 16.3. The van der Waals surface area contributed by atoms with Gasteiger partial charge in [-0.05, 0) is 81.0 Å². The van der Waals surface area contributed by atoms with Gasteiger partial charge in [0.25, 0.3) is 0 Å². The van der Waals surface area contributed by atoms with Crippen LogP contribution in [-0.4, -0.2) is 30.6 Å². The Kier molecular flexibility index (Phi) is 6.18. The number of aliphatic hydroxyl groups is 1. The van der Waals surface area contributed by atoms with Gasteiger partial charge in [-0.15, -0.1) is 0 Å². The van der Waals surface area contributed by atoms with Gasteiger partial charge in [-0.1, -0.05) is 25.0 Å². The van der Waals surface area contributed by atoms with Gasteiger partial charge in [-0.2, -0.15) is 0 Å². The summed E-state index contributed by atoms with van der Waals surface area (Å²) in [6.07, 6.45) is 7.72. The molecular weight excluding hydrogens is 322 g/mol. The summed E-state index contributed by atoms with van der Waals surface area (Å²) in [4.78, 5) is 14.2. The van der Waals surface area contributed by atoms with E-state index >= 15 is 0 Å². The number of ketones is 1. The van der Waals surface area contributed by atoms with Gasteiger partial charge >= 0.3 is 0 Å². The van der Waals surface area contributed by atoms with E-state index < -0.39 is 0 Å². The van der Waals surface area contributed by atoms with Gasteiger partial charge in [-0.3, -0.25) is 4.79 Å². The lowest BCUT2D eigenvalue weighted by atomic mass is 9.71. The van der Waals surface area contributed by atoms with Crippen LogP contribution >= 0.6 is 0 Å². The van der Waals surface area contributed by atoms with Crippen molar-refractivity contribution in [1.29, 1.82) is 0 Å². The molecule has 1 saturated heterocycles. The third-order valence-corrected chi connectivity index (χ3v) is 6.26. The highest BCUT2D eigenvalue weighted by molar-refractivity contribution is 5.99. The minimum Gasteiger partial charge on any atom is -0.396 e. The Morgan fingerprint density at radius 2 is 1.73 bits per heavy atom.